The lowest BCUT2D eigenvalue weighted by Gasteiger charge is -2.50. The molecule has 2 aromatic heterocycles. The van der Waals surface area contributed by atoms with Gasteiger partial charge in [-0.3, -0.25) is 14.4 Å². The predicted molar refractivity (Wildman–Crippen MR) is 100 cm³/mol. The topological polar surface area (TPSA) is 77.2 Å². The summed E-state index contributed by atoms with van der Waals surface area (Å²) in [5.41, 5.74) is 1.22. The molecule has 146 valence electrons. The number of nitrogens with zero attached hydrogens (tertiary/aromatic N) is 5. The Kier molecular flexibility index (Phi) is 5.01. The summed E-state index contributed by atoms with van der Waals surface area (Å²) < 4.78 is 9.84. The highest BCUT2D eigenvalue weighted by Crippen LogP contribution is 2.42. The molecule has 8 nitrogen and oxygen atoms in total. The normalized spacial score (nSPS) is 21.5. The molecule has 1 spiro atoms. The van der Waals surface area contributed by atoms with Crippen LogP contribution >= 0.6 is 0 Å². The van der Waals surface area contributed by atoms with Crippen molar-refractivity contribution in [2.24, 2.45) is 13.0 Å². The molecule has 2 aromatic rings. The van der Waals surface area contributed by atoms with Crippen LogP contribution in [0.1, 0.15) is 35.9 Å². The maximum Gasteiger partial charge on any atom is 0.287 e. The minimum Gasteiger partial charge on any atom is -0.372 e. The second-order valence-electron chi connectivity index (χ2n) is 7.65. The molecule has 1 amide bonds. The second-order valence-corrected chi connectivity index (χ2v) is 7.65. The van der Waals surface area contributed by atoms with Crippen molar-refractivity contribution in [1.82, 2.24) is 29.5 Å². The lowest BCUT2D eigenvalue weighted by Crippen LogP contribution is -2.64. The van der Waals surface area contributed by atoms with Crippen LogP contribution in [0.25, 0.3) is 0 Å². The third kappa shape index (κ3) is 3.64. The fraction of sp³-hybridized carbons (Fsp3) is 0.632. The fourth-order valence-electron chi connectivity index (χ4n) is 4.31. The van der Waals surface area contributed by atoms with Gasteiger partial charge in [0, 0.05) is 70.5 Å². The SMILES string of the molecule is CCn1cc(CN2CC3(C2)OCC[C@H]3CCNC(=O)c2nccn2C)cn1. The van der Waals surface area contributed by atoms with E-state index in [2.05, 4.69) is 33.4 Å². The summed E-state index contributed by atoms with van der Waals surface area (Å²) >= 11 is 0. The Labute approximate surface area is 159 Å². The number of amides is 1. The molecule has 2 fully saturated rings. The highest BCUT2D eigenvalue weighted by molar-refractivity contribution is 5.90. The lowest BCUT2D eigenvalue weighted by molar-refractivity contribution is -0.136. The molecule has 2 aliphatic heterocycles. The minimum atomic E-state index is -0.112. The van der Waals surface area contributed by atoms with Gasteiger partial charge < -0.3 is 14.6 Å². The first-order chi connectivity index (χ1) is 13.1. The molecule has 1 N–H and O–H groups in total. The molecular weight excluding hydrogens is 344 g/mol. The van der Waals surface area contributed by atoms with Gasteiger partial charge in [-0.2, -0.15) is 5.10 Å². The fourth-order valence-corrected chi connectivity index (χ4v) is 4.31. The monoisotopic (exact) mass is 372 g/mol. The molecule has 2 aliphatic rings. The number of nitrogens with one attached hydrogen (secondary N) is 1. The zero-order valence-electron chi connectivity index (χ0n) is 16.1. The van der Waals surface area contributed by atoms with Gasteiger partial charge in [0.2, 0.25) is 0 Å². The molecule has 0 unspecified atom stereocenters. The summed E-state index contributed by atoms with van der Waals surface area (Å²) in [6.07, 6.45) is 9.50. The molecule has 4 heterocycles. The Bertz CT molecular complexity index is 792. The molecule has 8 heteroatoms. The van der Waals surface area contributed by atoms with Gasteiger partial charge in [0.25, 0.3) is 5.91 Å². The quantitative estimate of drug-likeness (QED) is 0.786. The Morgan fingerprint density at radius 1 is 1.44 bits per heavy atom. The van der Waals surface area contributed by atoms with Crippen molar-refractivity contribution < 1.29 is 9.53 Å². The van der Waals surface area contributed by atoms with Gasteiger partial charge in [0.1, 0.15) is 0 Å². The van der Waals surface area contributed by atoms with Crippen LogP contribution in [-0.2, 0) is 24.9 Å². The molecule has 0 aromatic carbocycles. The van der Waals surface area contributed by atoms with E-state index in [4.69, 9.17) is 4.74 Å². The first-order valence-electron chi connectivity index (χ1n) is 9.73. The number of likely N-dealkylation sites (tertiary alicyclic amines) is 1. The maximum atomic E-state index is 12.2. The Morgan fingerprint density at radius 2 is 2.30 bits per heavy atom. The van der Waals surface area contributed by atoms with E-state index < -0.39 is 0 Å². The standard InChI is InChI=1S/C19H28N6O2/c1-3-25-12-15(10-22-25)11-24-13-19(14-24)16(5-9-27-19)4-6-21-18(26)17-20-7-8-23(17)2/h7-8,10,12,16H,3-6,9,11,13-14H2,1-2H3,(H,21,26)/t16-/m1/s1. The number of carbonyl (C=O) groups is 1. The second kappa shape index (κ2) is 7.44. The molecule has 27 heavy (non-hydrogen) atoms. The van der Waals surface area contributed by atoms with Gasteiger partial charge >= 0.3 is 0 Å². The molecule has 2 saturated heterocycles. The predicted octanol–water partition coefficient (Wildman–Crippen LogP) is 1.05. The number of ether oxygens (including phenoxy) is 1. The third-order valence-corrected chi connectivity index (χ3v) is 5.80. The van der Waals surface area contributed by atoms with Crippen LogP contribution in [-0.4, -0.2) is 62.0 Å². The average Bonchev–Trinajstić information content (AvgIpc) is 3.34. The van der Waals surface area contributed by atoms with Crippen LogP contribution in [0.15, 0.2) is 24.8 Å². The molecule has 0 saturated carbocycles. The molecule has 1 atom stereocenters. The minimum absolute atomic E-state index is 0.0330. The number of aromatic nitrogens is 4. The van der Waals surface area contributed by atoms with Gasteiger partial charge in [-0.1, -0.05) is 0 Å². The van der Waals surface area contributed by atoms with E-state index in [0.717, 1.165) is 45.6 Å². The first-order valence-corrected chi connectivity index (χ1v) is 9.73. The highest BCUT2D eigenvalue weighted by atomic mass is 16.5. The summed E-state index contributed by atoms with van der Waals surface area (Å²) in [7, 11) is 1.83. The summed E-state index contributed by atoms with van der Waals surface area (Å²) in [6.45, 7) is 7.32. The first kappa shape index (κ1) is 18.2. The Hall–Kier alpha value is -2.19. The van der Waals surface area contributed by atoms with Crippen LogP contribution in [0.4, 0.5) is 0 Å². The number of hydrogen-bond acceptors (Lipinski definition) is 5. The largest absolute Gasteiger partial charge is 0.372 e. The third-order valence-electron chi connectivity index (χ3n) is 5.80. The zero-order valence-corrected chi connectivity index (χ0v) is 16.1. The molecule has 0 bridgehead atoms. The summed E-state index contributed by atoms with van der Waals surface area (Å²) in [4.78, 5) is 18.7. The van der Waals surface area contributed by atoms with Crippen LogP contribution in [0.3, 0.4) is 0 Å². The van der Waals surface area contributed by atoms with Crippen molar-refractivity contribution in [2.45, 2.75) is 38.5 Å². The average molecular weight is 372 g/mol. The van der Waals surface area contributed by atoms with Crippen LogP contribution in [0, 0.1) is 5.92 Å². The molecule has 0 aliphatic carbocycles. The summed E-state index contributed by atoms with van der Waals surface area (Å²) in [5.74, 6) is 0.835. The number of aryl methyl sites for hydroxylation is 2. The number of rotatable bonds is 7. The molecule has 4 rings (SSSR count). The van der Waals surface area contributed by atoms with Gasteiger partial charge in [-0.25, -0.2) is 4.98 Å². The van der Waals surface area contributed by atoms with E-state index in [1.807, 2.05) is 17.9 Å². The van der Waals surface area contributed by atoms with Crippen molar-refractivity contribution >= 4 is 5.91 Å². The maximum absolute atomic E-state index is 12.2. The van der Waals surface area contributed by atoms with E-state index >= 15 is 0 Å². The van der Waals surface area contributed by atoms with E-state index in [1.54, 1.807) is 17.0 Å². The number of hydrogen-bond donors (Lipinski definition) is 1. The lowest BCUT2D eigenvalue weighted by atomic mass is 9.79. The van der Waals surface area contributed by atoms with Gasteiger partial charge in [-0.15, -0.1) is 0 Å². The summed E-state index contributed by atoms with van der Waals surface area (Å²) in [5, 5.41) is 7.34. The van der Waals surface area contributed by atoms with Gasteiger partial charge in [0.05, 0.1) is 11.8 Å². The number of carbonyl (C=O) groups excluding carboxylic acids is 1. The van der Waals surface area contributed by atoms with Crippen molar-refractivity contribution in [3.05, 3.63) is 36.2 Å². The van der Waals surface area contributed by atoms with Crippen LogP contribution in [0.5, 0.6) is 0 Å². The molecule has 0 radical (unpaired) electrons. The van der Waals surface area contributed by atoms with Crippen LogP contribution < -0.4 is 5.32 Å². The van der Waals surface area contributed by atoms with E-state index in [1.165, 1.54) is 5.56 Å². The van der Waals surface area contributed by atoms with E-state index in [9.17, 15) is 4.79 Å². The van der Waals surface area contributed by atoms with Crippen molar-refractivity contribution in [3.8, 4) is 0 Å². The highest BCUT2D eigenvalue weighted by Gasteiger charge is 2.52. The van der Waals surface area contributed by atoms with Crippen molar-refractivity contribution in [1.29, 1.82) is 0 Å². The van der Waals surface area contributed by atoms with E-state index in [0.29, 0.717) is 18.3 Å². The Balaban J connectivity index is 1.25. The molecular formula is C19H28N6O2. The number of imidazole rings is 1. The Morgan fingerprint density at radius 3 is 3.00 bits per heavy atom. The van der Waals surface area contributed by atoms with E-state index in [-0.39, 0.29) is 11.5 Å². The van der Waals surface area contributed by atoms with Crippen molar-refractivity contribution in [2.75, 3.05) is 26.2 Å². The van der Waals surface area contributed by atoms with Gasteiger partial charge in [0.15, 0.2) is 5.82 Å². The van der Waals surface area contributed by atoms with Crippen molar-refractivity contribution in [3.63, 3.8) is 0 Å². The summed E-state index contributed by atoms with van der Waals surface area (Å²) in [6, 6.07) is 0. The zero-order chi connectivity index (χ0) is 18.9. The smallest absolute Gasteiger partial charge is 0.287 e. The van der Waals surface area contributed by atoms with Gasteiger partial charge in [-0.05, 0) is 25.7 Å². The van der Waals surface area contributed by atoms with Crippen LogP contribution in [0.2, 0.25) is 0 Å².